The standard InChI is InChI=1S/C16H24N2O3/c1-11-4-5-12(2)15(13(11)3)21-8-14(19)18-10-16(20)6-7-17-9-16/h4-5,17,20H,6-10H2,1-3H3,(H,18,19)/t16-/m1/s1. The van der Waals surface area contributed by atoms with Gasteiger partial charge >= 0.3 is 0 Å². The van der Waals surface area contributed by atoms with Gasteiger partial charge in [0.05, 0.1) is 5.60 Å². The Kier molecular flexibility index (Phi) is 4.85. The van der Waals surface area contributed by atoms with Crippen LogP contribution in [0, 0.1) is 20.8 Å². The average molecular weight is 292 g/mol. The number of hydrogen-bond donors (Lipinski definition) is 3. The minimum atomic E-state index is -0.829. The van der Waals surface area contributed by atoms with Gasteiger partial charge in [-0.1, -0.05) is 12.1 Å². The van der Waals surface area contributed by atoms with Crippen molar-refractivity contribution in [2.24, 2.45) is 0 Å². The lowest BCUT2D eigenvalue weighted by Gasteiger charge is -2.21. The second-order valence-corrected chi connectivity index (χ2v) is 5.87. The molecule has 1 aliphatic heterocycles. The molecule has 0 spiro atoms. The fraction of sp³-hybridized carbons (Fsp3) is 0.562. The van der Waals surface area contributed by atoms with Crippen molar-refractivity contribution in [2.75, 3.05) is 26.2 Å². The van der Waals surface area contributed by atoms with E-state index in [9.17, 15) is 9.90 Å². The molecule has 1 fully saturated rings. The van der Waals surface area contributed by atoms with E-state index in [4.69, 9.17) is 4.74 Å². The number of carbonyl (C=O) groups is 1. The number of amides is 1. The van der Waals surface area contributed by atoms with Gasteiger partial charge in [0, 0.05) is 13.1 Å². The predicted octanol–water partition coefficient (Wildman–Crippen LogP) is 0.831. The Bertz CT molecular complexity index is 522. The highest BCUT2D eigenvalue weighted by atomic mass is 16.5. The van der Waals surface area contributed by atoms with E-state index in [-0.39, 0.29) is 19.1 Å². The zero-order valence-corrected chi connectivity index (χ0v) is 13.0. The average Bonchev–Trinajstić information content (AvgIpc) is 2.88. The molecule has 1 heterocycles. The quantitative estimate of drug-likeness (QED) is 0.752. The van der Waals surface area contributed by atoms with Crippen molar-refractivity contribution in [2.45, 2.75) is 32.8 Å². The predicted molar refractivity (Wildman–Crippen MR) is 81.6 cm³/mol. The fourth-order valence-corrected chi connectivity index (χ4v) is 2.48. The molecule has 0 radical (unpaired) electrons. The van der Waals surface area contributed by atoms with Gasteiger partial charge in [0.2, 0.25) is 0 Å². The van der Waals surface area contributed by atoms with Gasteiger partial charge in [-0.2, -0.15) is 0 Å². The number of aryl methyl sites for hydroxylation is 2. The zero-order valence-electron chi connectivity index (χ0n) is 13.0. The molecule has 1 saturated heterocycles. The lowest BCUT2D eigenvalue weighted by atomic mass is 10.0. The molecule has 0 saturated carbocycles. The van der Waals surface area contributed by atoms with E-state index in [1.54, 1.807) is 0 Å². The lowest BCUT2D eigenvalue weighted by molar-refractivity contribution is -0.124. The molecular weight excluding hydrogens is 268 g/mol. The summed E-state index contributed by atoms with van der Waals surface area (Å²) in [6.07, 6.45) is 0.657. The van der Waals surface area contributed by atoms with Crippen LogP contribution in [0.3, 0.4) is 0 Å². The van der Waals surface area contributed by atoms with Crippen LogP contribution in [0.2, 0.25) is 0 Å². The lowest BCUT2D eigenvalue weighted by Crippen LogP contribution is -2.45. The van der Waals surface area contributed by atoms with Gasteiger partial charge in [0.25, 0.3) is 5.91 Å². The highest BCUT2D eigenvalue weighted by Crippen LogP contribution is 2.25. The number of aliphatic hydroxyl groups is 1. The maximum absolute atomic E-state index is 11.9. The second-order valence-electron chi connectivity index (χ2n) is 5.87. The van der Waals surface area contributed by atoms with Crippen LogP contribution in [-0.2, 0) is 4.79 Å². The van der Waals surface area contributed by atoms with Crippen LogP contribution in [-0.4, -0.2) is 42.9 Å². The first kappa shape index (κ1) is 15.8. The van der Waals surface area contributed by atoms with Gasteiger partial charge in [0.15, 0.2) is 6.61 Å². The molecule has 5 nitrogen and oxygen atoms in total. The molecule has 0 aromatic heterocycles. The maximum atomic E-state index is 11.9. The van der Waals surface area contributed by atoms with Gasteiger partial charge in [-0.05, 0) is 50.4 Å². The molecule has 2 rings (SSSR count). The summed E-state index contributed by atoms with van der Waals surface area (Å²) in [6, 6.07) is 4.03. The van der Waals surface area contributed by atoms with Crippen LogP contribution in [0.5, 0.6) is 5.75 Å². The van der Waals surface area contributed by atoms with Gasteiger partial charge in [-0.25, -0.2) is 0 Å². The zero-order chi connectivity index (χ0) is 15.5. The van der Waals surface area contributed by atoms with Crippen molar-refractivity contribution in [3.8, 4) is 5.75 Å². The van der Waals surface area contributed by atoms with E-state index >= 15 is 0 Å². The van der Waals surface area contributed by atoms with E-state index in [1.807, 2.05) is 32.9 Å². The van der Waals surface area contributed by atoms with Crippen LogP contribution in [0.25, 0.3) is 0 Å². The van der Waals surface area contributed by atoms with Crippen molar-refractivity contribution in [3.05, 3.63) is 28.8 Å². The van der Waals surface area contributed by atoms with E-state index in [0.717, 1.165) is 29.0 Å². The van der Waals surface area contributed by atoms with Gasteiger partial charge in [-0.15, -0.1) is 0 Å². The van der Waals surface area contributed by atoms with Crippen molar-refractivity contribution in [1.29, 1.82) is 0 Å². The van der Waals surface area contributed by atoms with Gasteiger partial charge in [0.1, 0.15) is 5.75 Å². The van der Waals surface area contributed by atoms with Crippen molar-refractivity contribution >= 4 is 5.91 Å². The van der Waals surface area contributed by atoms with E-state index in [1.165, 1.54) is 0 Å². The number of hydrogen-bond acceptors (Lipinski definition) is 4. The van der Waals surface area contributed by atoms with Crippen molar-refractivity contribution < 1.29 is 14.6 Å². The number of ether oxygens (including phenoxy) is 1. The first-order valence-corrected chi connectivity index (χ1v) is 7.31. The molecule has 3 N–H and O–H groups in total. The molecule has 1 amide bonds. The summed E-state index contributed by atoms with van der Waals surface area (Å²) in [5.41, 5.74) is 2.39. The monoisotopic (exact) mass is 292 g/mol. The molecule has 116 valence electrons. The summed E-state index contributed by atoms with van der Waals surface area (Å²) in [6.45, 7) is 7.50. The first-order valence-electron chi connectivity index (χ1n) is 7.31. The van der Waals surface area contributed by atoms with E-state index < -0.39 is 5.60 Å². The Balaban J connectivity index is 1.85. The van der Waals surface area contributed by atoms with Crippen LogP contribution in [0.1, 0.15) is 23.1 Å². The molecule has 1 atom stereocenters. The number of rotatable bonds is 5. The second kappa shape index (κ2) is 6.45. The van der Waals surface area contributed by atoms with Crippen LogP contribution >= 0.6 is 0 Å². The van der Waals surface area contributed by atoms with Gasteiger partial charge < -0.3 is 20.5 Å². The Morgan fingerprint density at radius 2 is 2.10 bits per heavy atom. The summed E-state index contributed by atoms with van der Waals surface area (Å²) < 4.78 is 5.65. The highest BCUT2D eigenvalue weighted by Gasteiger charge is 2.31. The third kappa shape index (κ3) is 3.95. The summed E-state index contributed by atoms with van der Waals surface area (Å²) in [5.74, 6) is 0.557. The molecule has 1 aliphatic rings. The summed E-state index contributed by atoms with van der Waals surface area (Å²) in [4.78, 5) is 11.9. The third-order valence-corrected chi connectivity index (χ3v) is 4.06. The van der Waals surface area contributed by atoms with Crippen molar-refractivity contribution in [3.63, 3.8) is 0 Å². The third-order valence-electron chi connectivity index (χ3n) is 4.06. The number of carbonyl (C=O) groups excluding carboxylic acids is 1. The van der Waals surface area contributed by atoms with Crippen LogP contribution in [0.4, 0.5) is 0 Å². The minimum absolute atomic E-state index is 0.0331. The molecule has 1 aromatic carbocycles. The summed E-state index contributed by atoms with van der Waals surface area (Å²) >= 11 is 0. The number of benzene rings is 1. The molecule has 1 aromatic rings. The highest BCUT2D eigenvalue weighted by molar-refractivity contribution is 5.77. The Morgan fingerprint density at radius 3 is 2.76 bits per heavy atom. The Morgan fingerprint density at radius 1 is 1.38 bits per heavy atom. The molecule has 21 heavy (non-hydrogen) atoms. The normalized spacial score (nSPS) is 21.3. The topological polar surface area (TPSA) is 70.6 Å². The minimum Gasteiger partial charge on any atom is -0.483 e. The van der Waals surface area contributed by atoms with Crippen LogP contribution in [0.15, 0.2) is 12.1 Å². The molecule has 0 unspecified atom stereocenters. The maximum Gasteiger partial charge on any atom is 0.258 e. The largest absolute Gasteiger partial charge is 0.483 e. The molecular formula is C16H24N2O3. The number of β-amino-alcohol motifs (C(OH)–C–C–N with tert-alkyl or cyclic N) is 1. The Hall–Kier alpha value is -1.59. The molecule has 0 aliphatic carbocycles. The summed E-state index contributed by atoms with van der Waals surface area (Å²) in [5, 5.41) is 15.9. The number of nitrogens with one attached hydrogen (secondary N) is 2. The van der Waals surface area contributed by atoms with Crippen molar-refractivity contribution in [1.82, 2.24) is 10.6 Å². The molecule has 0 bridgehead atoms. The van der Waals surface area contributed by atoms with E-state index in [2.05, 4.69) is 10.6 Å². The van der Waals surface area contributed by atoms with E-state index in [0.29, 0.717) is 13.0 Å². The summed E-state index contributed by atoms with van der Waals surface area (Å²) in [7, 11) is 0. The van der Waals surface area contributed by atoms with Crippen LogP contribution < -0.4 is 15.4 Å². The molecule has 5 heteroatoms. The smallest absolute Gasteiger partial charge is 0.258 e. The fourth-order valence-electron chi connectivity index (χ4n) is 2.48. The Labute approximate surface area is 125 Å². The first-order chi connectivity index (χ1) is 9.91. The van der Waals surface area contributed by atoms with Gasteiger partial charge in [-0.3, -0.25) is 4.79 Å². The SMILES string of the molecule is Cc1ccc(C)c(OCC(=O)NC[C@@]2(O)CCNC2)c1C.